The lowest BCUT2D eigenvalue weighted by molar-refractivity contribution is 0.0377. The lowest BCUT2D eigenvalue weighted by Gasteiger charge is -2.37. The zero-order valence-corrected chi connectivity index (χ0v) is 10.8. The van der Waals surface area contributed by atoms with Gasteiger partial charge in [0.25, 0.3) is 5.91 Å². The third kappa shape index (κ3) is 2.25. The molecule has 0 unspecified atom stereocenters. The summed E-state index contributed by atoms with van der Waals surface area (Å²) in [6.07, 6.45) is 6.96. The molecule has 1 saturated heterocycles. The van der Waals surface area contributed by atoms with Crippen molar-refractivity contribution < 1.29 is 9.90 Å². The van der Waals surface area contributed by atoms with Crippen molar-refractivity contribution in [1.82, 2.24) is 9.88 Å². The maximum absolute atomic E-state index is 12.5. The first-order chi connectivity index (χ1) is 8.73. The summed E-state index contributed by atoms with van der Waals surface area (Å²) in [6.45, 7) is 2.88. The fraction of sp³-hybridized carbons (Fsp3) is 0.571. The molecule has 0 saturated carbocycles. The number of likely N-dealkylation sites (tertiary alicyclic amines) is 1. The van der Waals surface area contributed by atoms with Gasteiger partial charge in [0.15, 0.2) is 0 Å². The Balaban J connectivity index is 2.24. The molecule has 1 atom stereocenters. The van der Waals surface area contributed by atoms with Gasteiger partial charge in [0.1, 0.15) is 0 Å². The Kier molecular flexibility index (Phi) is 3.97. The molecule has 98 valence electrons. The molecule has 1 aromatic heterocycles. The van der Waals surface area contributed by atoms with Crippen LogP contribution in [0.3, 0.4) is 0 Å². The molecule has 1 aromatic rings. The number of pyridine rings is 1. The van der Waals surface area contributed by atoms with E-state index in [0.29, 0.717) is 5.56 Å². The highest BCUT2D eigenvalue weighted by molar-refractivity contribution is 5.94. The fourth-order valence-electron chi connectivity index (χ4n) is 2.87. The molecule has 4 heteroatoms. The average molecular weight is 248 g/mol. The molecule has 1 aliphatic rings. The van der Waals surface area contributed by atoms with Gasteiger partial charge in [-0.05, 0) is 31.4 Å². The maximum atomic E-state index is 12.5. The molecule has 0 bridgehead atoms. The molecule has 2 heterocycles. The van der Waals surface area contributed by atoms with Crippen molar-refractivity contribution in [3.8, 4) is 0 Å². The number of aliphatic hydroxyl groups is 1. The Hall–Kier alpha value is -1.42. The van der Waals surface area contributed by atoms with Crippen molar-refractivity contribution in [2.24, 2.45) is 0 Å². The number of aliphatic hydroxyl groups excluding tert-OH is 1. The Morgan fingerprint density at radius 1 is 1.50 bits per heavy atom. The summed E-state index contributed by atoms with van der Waals surface area (Å²) >= 11 is 0. The monoisotopic (exact) mass is 248 g/mol. The van der Waals surface area contributed by atoms with Crippen LogP contribution in [0.2, 0.25) is 0 Å². The lowest BCUT2D eigenvalue weighted by Crippen LogP contribution is -2.50. The van der Waals surface area contributed by atoms with Crippen molar-refractivity contribution in [2.75, 3.05) is 13.2 Å². The van der Waals surface area contributed by atoms with E-state index < -0.39 is 0 Å². The number of hydrogen-bond acceptors (Lipinski definition) is 3. The van der Waals surface area contributed by atoms with Gasteiger partial charge in [-0.1, -0.05) is 13.3 Å². The zero-order chi connectivity index (χ0) is 13.0. The third-order valence-corrected chi connectivity index (χ3v) is 3.78. The molecule has 1 fully saturated rings. The molecule has 0 aromatic carbocycles. The number of aromatic nitrogens is 1. The minimum Gasteiger partial charge on any atom is -0.394 e. The van der Waals surface area contributed by atoms with Crippen LogP contribution in [0.25, 0.3) is 0 Å². The SMILES string of the molecule is CCC[C@]1(CO)CCCN1C(=O)c1ccncc1. The van der Waals surface area contributed by atoms with Crippen LogP contribution in [0.1, 0.15) is 43.0 Å². The number of carbonyl (C=O) groups is 1. The van der Waals surface area contributed by atoms with E-state index in [1.54, 1.807) is 24.5 Å². The van der Waals surface area contributed by atoms with Crippen LogP contribution < -0.4 is 0 Å². The summed E-state index contributed by atoms with van der Waals surface area (Å²) in [6, 6.07) is 3.46. The van der Waals surface area contributed by atoms with E-state index in [0.717, 1.165) is 32.2 Å². The number of amides is 1. The van der Waals surface area contributed by atoms with E-state index in [1.807, 2.05) is 4.90 Å². The molecule has 0 radical (unpaired) electrons. The number of carbonyl (C=O) groups excluding carboxylic acids is 1. The summed E-state index contributed by atoms with van der Waals surface area (Å²) in [5, 5.41) is 9.71. The van der Waals surface area contributed by atoms with Crippen molar-refractivity contribution in [3.05, 3.63) is 30.1 Å². The molecule has 0 aliphatic carbocycles. The molecule has 1 N–H and O–H groups in total. The minimum absolute atomic E-state index is 0.0115. The van der Waals surface area contributed by atoms with Gasteiger partial charge in [-0.25, -0.2) is 0 Å². The van der Waals surface area contributed by atoms with Crippen LogP contribution in [0.5, 0.6) is 0 Å². The average Bonchev–Trinajstić information content (AvgIpc) is 2.83. The van der Waals surface area contributed by atoms with Crippen LogP contribution in [0.15, 0.2) is 24.5 Å². The highest BCUT2D eigenvalue weighted by atomic mass is 16.3. The maximum Gasteiger partial charge on any atom is 0.254 e. The van der Waals surface area contributed by atoms with Gasteiger partial charge >= 0.3 is 0 Å². The number of hydrogen-bond donors (Lipinski definition) is 1. The van der Waals surface area contributed by atoms with E-state index in [9.17, 15) is 9.90 Å². The van der Waals surface area contributed by atoms with Gasteiger partial charge in [0.2, 0.25) is 0 Å². The highest BCUT2D eigenvalue weighted by Crippen LogP contribution is 2.34. The number of rotatable bonds is 4. The Bertz CT molecular complexity index is 408. The quantitative estimate of drug-likeness (QED) is 0.884. The second-order valence-corrected chi connectivity index (χ2v) is 4.93. The molecular formula is C14H20N2O2. The molecule has 4 nitrogen and oxygen atoms in total. The van der Waals surface area contributed by atoms with Gasteiger partial charge in [0, 0.05) is 24.5 Å². The van der Waals surface area contributed by atoms with Crippen LogP contribution in [0, 0.1) is 0 Å². The minimum atomic E-state index is -0.352. The van der Waals surface area contributed by atoms with Gasteiger partial charge in [-0.2, -0.15) is 0 Å². The Morgan fingerprint density at radius 3 is 2.83 bits per heavy atom. The van der Waals surface area contributed by atoms with Crippen molar-refractivity contribution >= 4 is 5.91 Å². The topological polar surface area (TPSA) is 53.4 Å². The first-order valence-corrected chi connectivity index (χ1v) is 6.56. The molecule has 18 heavy (non-hydrogen) atoms. The van der Waals surface area contributed by atoms with Crippen LogP contribution in [0.4, 0.5) is 0 Å². The van der Waals surface area contributed by atoms with Gasteiger partial charge in [-0.15, -0.1) is 0 Å². The van der Waals surface area contributed by atoms with Gasteiger partial charge < -0.3 is 10.0 Å². The van der Waals surface area contributed by atoms with E-state index in [4.69, 9.17) is 0 Å². The first-order valence-electron chi connectivity index (χ1n) is 6.56. The summed E-state index contributed by atoms with van der Waals surface area (Å²) in [5.74, 6) is 0.0115. The van der Waals surface area contributed by atoms with Crippen LogP contribution in [-0.4, -0.2) is 39.6 Å². The van der Waals surface area contributed by atoms with E-state index >= 15 is 0 Å². The van der Waals surface area contributed by atoms with Crippen LogP contribution >= 0.6 is 0 Å². The van der Waals surface area contributed by atoms with Gasteiger partial charge in [-0.3, -0.25) is 9.78 Å². The Labute approximate surface area is 108 Å². The van der Waals surface area contributed by atoms with E-state index in [-0.39, 0.29) is 18.1 Å². The summed E-state index contributed by atoms with van der Waals surface area (Å²) < 4.78 is 0. The van der Waals surface area contributed by atoms with Gasteiger partial charge in [0.05, 0.1) is 12.1 Å². The number of nitrogens with zero attached hydrogens (tertiary/aromatic N) is 2. The molecule has 1 amide bonds. The van der Waals surface area contributed by atoms with E-state index in [2.05, 4.69) is 11.9 Å². The second kappa shape index (κ2) is 5.48. The molecular weight excluding hydrogens is 228 g/mol. The fourth-order valence-corrected chi connectivity index (χ4v) is 2.87. The van der Waals surface area contributed by atoms with Crippen molar-refractivity contribution in [1.29, 1.82) is 0 Å². The van der Waals surface area contributed by atoms with Crippen molar-refractivity contribution in [2.45, 2.75) is 38.1 Å². The molecule has 2 rings (SSSR count). The highest BCUT2D eigenvalue weighted by Gasteiger charge is 2.42. The molecule has 0 spiro atoms. The second-order valence-electron chi connectivity index (χ2n) is 4.93. The van der Waals surface area contributed by atoms with Crippen LogP contribution in [-0.2, 0) is 0 Å². The first kappa shape index (κ1) is 13.0. The molecule has 1 aliphatic heterocycles. The summed E-state index contributed by atoms with van der Waals surface area (Å²) in [4.78, 5) is 18.3. The zero-order valence-electron chi connectivity index (χ0n) is 10.8. The lowest BCUT2D eigenvalue weighted by atomic mass is 9.91. The largest absolute Gasteiger partial charge is 0.394 e. The summed E-state index contributed by atoms with van der Waals surface area (Å²) in [7, 11) is 0. The van der Waals surface area contributed by atoms with Crippen molar-refractivity contribution in [3.63, 3.8) is 0 Å². The standard InChI is InChI=1S/C14H20N2O2/c1-2-6-14(11-17)7-3-10-16(14)13(18)12-4-8-15-9-5-12/h4-5,8-9,17H,2-3,6-7,10-11H2,1H3/t14-/m1/s1. The predicted octanol–water partition coefficient (Wildman–Crippen LogP) is 1.85. The normalized spacial score (nSPS) is 23.3. The smallest absolute Gasteiger partial charge is 0.254 e. The van der Waals surface area contributed by atoms with E-state index in [1.165, 1.54) is 0 Å². The summed E-state index contributed by atoms with van der Waals surface area (Å²) in [5.41, 5.74) is 0.301. The third-order valence-electron chi connectivity index (χ3n) is 3.78. The predicted molar refractivity (Wildman–Crippen MR) is 69.2 cm³/mol. The Morgan fingerprint density at radius 2 is 2.22 bits per heavy atom.